The Labute approximate surface area is 130 Å². The molecule has 4 nitrogen and oxygen atoms in total. The molecule has 0 atom stereocenters. The van der Waals surface area contributed by atoms with Gasteiger partial charge in [0, 0.05) is 36.9 Å². The van der Waals surface area contributed by atoms with Crippen LogP contribution < -0.4 is 0 Å². The zero-order valence-electron chi connectivity index (χ0n) is 11.7. The summed E-state index contributed by atoms with van der Waals surface area (Å²) in [6.45, 7) is 6.02. The average molecular weight is 337 g/mol. The van der Waals surface area contributed by atoms with Gasteiger partial charge in [0.25, 0.3) is 10.0 Å². The van der Waals surface area contributed by atoms with Gasteiger partial charge in [0.1, 0.15) is 4.21 Å². The molecule has 1 aliphatic rings. The molecular formula is C13H21ClN2O2S2. The molecule has 0 aliphatic carbocycles. The van der Waals surface area contributed by atoms with Gasteiger partial charge in [-0.15, -0.1) is 22.9 Å². The van der Waals surface area contributed by atoms with Crippen LogP contribution in [-0.2, 0) is 16.4 Å². The number of thiophene rings is 1. The molecule has 0 N–H and O–H groups in total. The number of sulfonamides is 1. The third-order valence-electron chi connectivity index (χ3n) is 3.44. The number of nitrogens with zero attached hydrogens (tertiary/aromatic N) is 2. The molecule has 1 aromatic rings. The summed E-state index contributed by atoms with van der Waals surface area (Å²) in [5, 5.41) is 0. The Bertz CT molecular complexity index is 522. The zero-order chi connectivity index (χ0) is 14.6. The van der Waals surface area contributed by atoms with Gasteiger partial charge in [0.2, 0.25) is 0 Å². The van der Waals surface area contributed by atoms with E-state index in [2.05, 4.69) is 11.8 Å². The first-order chi connectivity index (χ1) is 9.57. The normalized spacial score (nSPS) is 18.5. The largest absolute Gasteiger partial charge is 0.301 e. The van der Waals surface area contributed by atoms with Crippen LogP contribution in [0, 0.1) is 0 Å². The molecule has 0 unspecified atom stereocenters. The molecule has 1 aliphatic heterocycles. The van der Waals surface area contributed by atoms with Crippen LogP contribution in [0.4, 0.5) is 0 Å². The monoisotopic (exact) mass is 336 g/mol. The molecule has 1 aromatic heterocycles. The van der Waals surface area contributed by atoms with E-state index in [0.29, 0.717) is 23.2 Å². The number of hydrogen-bond donors (Lipinski definition) is 0. The molecular weight excluding hydrogens is 316 g/mol. The Hall–Kier alpha value is -0.140. The first-order valence-electron chi connectivity index (χ1n) is 6.95. The highest BCUT2D eigenvalue weighted by molar-refractivity contribution is 7.91. The van der Waals surface area contributed by atoms with Crippen LogP contribution in [-0.4, -0.2) is 56.2 Å². The predicted octanol–water partition coefficient (Wildman–Crippen LogP) is 2.25. The third-order valence-corrected chi connectivity index (χ3v) is 7.14. The van der Waals surface area contributed by atoms with Crippen LogP contribution in [0.15, 0.2) is 16.3 Å². The van der Waals surface area contributed by atoms with E-state index in [1.165, 1.54) is 11.3 Å². The molecule has 2 heterocycles. The van der Waals surface area contributed by atoms with E-state index >= 15 is 0 Å². The van der Waals surface area contributed by atoms with Gasteiger partial charge in [-0.25, -0.2) is 8.42 Å². The maximum Gasteiger partial charge on any atom is 0.252 e. The van der Waals surface area contributed by atoms with E-state index in [1.54, 1.807) is 10.4 Å². The number of aryl methyl sites for hydroxylation is 1. The molecule has 0 amide bonds. The van der Waals surface area contributed by atoms with E-state index in [-0.39, 0.29) is 0 Å². The van der Waals surface area contributed by atoms with Crippen LogP contribution in [0.1, 0.15) is 18.2 Å². The molecule has 1 fully saturated rings. The number of piperazine rings is 1. The zero-order valence-corrected chi connectivity index (χ0v) is 14.1. The molecule has 7 heteroatoms. The molecule has 2 rings (SSSR count). The summed E-state index contributed by atoms with van der Waals surface area (Å²) in [5.74, 6) is 0.524. The van der Waals surface area contributed by atoms with Gasteiger partial charge in [0.05, 0.1) is 0 Å². The first-order valence-corrected chi connectivity index (χ1v) is 9.74. The van der Waals surface area contributed by atoms with Crippen molar-refractivity contribution in [3.05, 3.63) is 17.0 Å². The van der Waals surface area contributed by atoms with E-state index in [0.717, 1.165) is 37.4 Å². The Balaban J connectivity index is 2.03. The lowest BCUT2D eigenvalue weighted by molar-refractivity contribution is 0.189. The summed E-state index contributed by atoms with van der Waals surface area (Å²) in [6, 6.07) is 3.58. The summed E-state index contributed by atoms with van der Waals surface area (Å²) in [4.78, 5) is 3.35. The van der Waals surface area contributed by atoms with Crippen LogP contribution in [0.3, 0.4) is 0 Å². The standard InChI is InChI=1S/C13H21ClN2O2S2/c1-2-7-15-8-10-16(11-9-15)20(17,18)13-4-3-12(19-13)5-6-14/h3-4H,2,5-11H2,1H3. The molecule has 114 valence electrons. The van der Waals surface area contributed by atoms with E-state index < -0.39 is 10.0 Å². The van der Waals surface area contributed by atoms with E-state index in [1.807, 2.05) is 6.07 Å². The average Bonchev–Trinajstić information content (AvgIpc) is 2.90. The minimum atomic E-state index is -3.32. The highest BCUT2D eigenvalue weighted by Crippen LogP contribution is 2.26. The smallest absolute Gasteiger partial charge is 0.252 e. The lowest BCUT2D eigenvalue weighted by Crippen LogP contribution is -2.48. The fourth-order valence-corrected chi connectivity index (χ4v) is 5.61. The van der Waals surface area contributed by atoms with Gasteiger partial charge in [-0.05, 0) is 31.5 Å². The first kappa shape index (κ1) is 16.2. The highest BCUT2D eigenvalue weighted by atomic mass is 35.5. The van der Waals surface area contributed by atoms with Crippen molar-refractivity contribution in [3.8, 4) is 0 Å². The quantitative estimate of drug-likeness (QED) is 0.748. The second-order valence-electron chi connectivity index (χ2n) is 4.91. The summed E-state index contributed by atoms with van der Waals surface area (Å²) >= 11 is 7.04. The Morgan fingerprint density at radius 1 is 1.25 bits per heavy atom. The van der Waals surface area contributed by atoms with Crippen LogP contribution >= 0.6 is 22.9 Å². The summed E-state index contributed by atoms with van der Waals surface area (Å²) in [7, 11) is -3.32. The van der Waals surface area contributed by atoms with Crippen molar-refractivity contribution in [1.29, 1.82) is 0 Å². The number of halogens is 1. The molecule has 1 saturated heterocycles. The van der Waals surface area contributed by atoms with Crippen molar-refractivity contribution in [2.45, 2.75) is 24.0 Å². The van der Waals surface area contributed by atoms with E-state index in [4.69, 9.17) is 11.6 Å². The molecule has 0 bridgehead atoms. The minimum Gasteiger partial charge on any atom is -0.301 e. The minimum absolute atomic E-state index is 0.446. The van der Waals surface area contributed by atoms with Crippen molar-refractivity contribution >= 4 is 33.0 Å². The molecule has 0 saturated carbocycles. The number of hydrogen-bond acceptors (Lipinski definition) is 4. The van der Waals surface area contributed by atoms with Crippen molar-refractivity contribution in [2.75, 3.05) is 38.6 Å². The Morgan fingerprint density at radius 2 is 1.95 bits per heavy atom. The van der Waals surface area contributed by atoms with Crippen LogP contribution in [0.5, 0.6) is 0 Å². The van der Waals surface area contributed by atoms with Gasteiger partial charge >= 0.3 is 0 Å². The highest BCUT2D eigenvalue weighted by Gasteiger charge is 2.29. The second kappa shape index (κ2) is 7.22. The SMILES string of the molecule is CCCN1CCN(S(=O)(=O)c2ccc(CCCl)s2)CC1. The maximum atomic E-state index is 12.6. The van der Waals surface area contributed by atoms with Crippen molar-refractivity contribution < 1.29 is 8.42 Å². The second-order valence-corrected chi connectivity index (χ2v) is 8.62. The van der Waals surface area contributed by atoms with Gasteiger partial charge in [-0.2, -0.15) is 4.31 Å². The Morgan fingerprint density at radius 3 is 2.55 bits per heavy atom. The molecule has 0 aromatic carbocycles. The van der Waals surface area contributed by atoms with Crippen molar-refractivity contribution in [1.82, 2.24) is 9.21 Å². The van der Waals surface area contributed by atoms with Gasteiger partial charge in [0.15, 0.2) is 0 Å². The van der Waals surface area contributed by atoms with Crippen molar-refractivity contribution in [3.63, 3.8) is 0 Å². The summed E-state index contributed by atoms with van der Waals surface area (Å²) < 4.78 is 27.2. The van der Waals surface area contributed by atoms with Crippen LogP contribution in [0.25, 0.3) is 0 Å². The fourth-order valence-electron chi connectivity index (χ4n) is 2.36. The van der Waals surface area contributed by atoms with Crippen molar-refractivity contribution in [2.24, 2.45) is 0 Å². The van der Waals surface area contributed by atoms with Crippen LogP contribution in [0.2, 0.25) is 0 Å². The summed E-state index contributed by atoms with van der Waals surface area (Å²) in [5.41, 5.74) is 0. The molecule has 0 radical (unpaired) electrons. The lowest BCUT2D eigenvalue weighted by atomic mass is 10.3. The molecule has 20 heavy (non-hydrogen) atoms. The lowest BCUT2D eigenvalue weighted by Gasteiger charge is -2.33. The van der Waals surface area contributed by atoms with Gasteiger partial charge in [-0.1, -0.05) is 6.92 Å². The van der Waals surface area contributed by atoms with Gasteiger partial charge < -0.3 is 4.90 Å². The van der Waals surface area contributed by atoms with Gasteiger partial charge in [-0.3, -0.25) is 0 Å². The third kappa shape index (κ3) is 3.74. The topological polar surface area (TPSA) is 40.6 Å². The fraction of sp³-hybridized carbons (Fsp3) is 0.692. The predicted molar refractivity (Wildman–Crippen MR) is 84.2 cm³/mol. The summed E-state index contributed by atoms with van der Waals surface area (Å²) in [6.07, 6.45) is 1.84. The molecule has 0 spiro atoms. The Kier molecular flexibility index (Phi) is 5.86. The van der Waals surface area contributed by atoms with E-state index in [9.17, 15) is 8.42 Å². The number of rotatable bonds is 6. The number of alkyl halides is 1. The maximum absolute atomic E-state index is 12.6.